The Bertz CT molecular complexity index is 633. The van der Waals surface area contributed by atoms with Crippen LogP contribution in [0.1, 0.15) is 60.8 Å². The molecule has 0 saturated heterocycles. The third-order valence-electron chi connectivity index (χ3n) is 3.94. The van der Waals surface area contributed by atoms with E-state index in [0.29, 0.717) is 5.56 Å². The molecule has 0 spiro atoms. The normalized spacial score (nSPS) is 12.8. The van der Waals surface area contributed by atoms with Crippen LogP contribution in [0.2, 0.25) is 0 Å². The molecule has 0 radical (unpaired) electrons. The minimum Gasteiger partial charge on any atom is -0.346 e. The van der Waals surface area contributed by atoms with Crippen molar-refractivity contribution in [2.45, 2.75) is 46.1 Å². The SMILES string of the molecule is Cc1ccc(C(=O)N[C@@H](C)c2ccc(C(C)(C)C)cc2)cc1. The van der Waals surface area contributed by atoms with E-state index in [-0.39, 0.29) is 17.4 Å². The second kappa shape index (κ2) is 6.35. The molecule has 0 heterocycles. The zero-order valence-corrected chi connectivity index (χ0v) is 14.1. The standard InChI is InChI=1S/C20H25NO/c1-14-6-8-17(9-7-14)19(22)21-15(2)16-10-12-18(13-11-16)20(3,4)5/h6-13,15H,1-5H3,(H,21,22)/t15-/m0/s1. The Balaban J connectivity index is 2.07. The van der Waals surface area contributed by atoms with E-state index in [1.54, 1.807) is 0 Å². The van der Waals surface area contributed by atoms with Crippen LogP contribution in [0, 0.1) is 6.92 Å². The van der Waals surface area contributed by atoms with Crippen LogP contribution < -0.4 is 5.32 Å². The Kier molecular flexibility index (Phi) is 4.70. The molecule has 1 N–H and O–H groups in total. The summed E-state index contributed by atoms with van der Waals surface area (Å²) in [7, 11) is 0. The molecule has 22 heavy (non-hydrogen) atoms. The third-order valence-corrected chi connectivity index (χ3v) is 3.94. The van der Waals surface area contributed by atoms with Crippen LogP contribution in [-0.2, 0) is 5.41 Å². The van der Waals surface area contributed by atoms with Crippen LogP contribution in [0.3, 0.4) is 0 Å². The van der Waals surface area contributed by atoms with Crippen LogP contribution in [0.25, 0.3) is 0 Å². The Morgan fingerprint density at radius 2 is 1.50 bits per heavy atom. The summed E-state index contributed by atoms with van der Waals surface area (Å²) in [5.74, 6) is -0.0348. The van der Waals surface area contributed by atoms with E-state index in [9.17, 15) is 4.79 Å². The summed E-state index contributed by atoms with van der Waals surface area (Å²) in [6.45, 7) is 10.6. The molecule has 2 heteroatoms. The molecule has 0 aromatic heterocycles. The Hall–Kier alpha value is -2.09. The number of nitrogens with one attached hydrogen (secondary N) is 1. The minimum absolute atomic E-state index is 0.0113. The van der Waals surface area contributed by atoms with Gasteiger partial charge in [-0.3, -0.25) is 4.79 Å². The molecule has 0 aliphatic rings. The van der Waals surface area contributed by atoms with Gasteiger partial charge >= 0.3 is 0 Å². The number of carbonyl (C=O) groups is 1. The molecule has 116 valence electrons. The molecule has 0 bridgehead atoms. The monoisotopic (exact) mass is 295 g/mol. The molecule has 0 saturated carbocycles. The average Bonchev–Trinajstić information content (AvgIpc) is 2.47. The van der Waals surface area contributed by atoms with Gasteiger partial charge in [-0.15, -0.1) is 0 Å². The highest BCUT2D eigenvalue weighted by Crippen LogP contribution is 2.24. The van der Waals surface area contributed by atoms with Crippen LogP contribution >= 0.6 is 0 Å². The summed E-state index contributed by atoms with van der Waals surface area (Å²) in [5.41, 5.74) is 4.42. The maximum absolute atomic E-state index is 12.3. The van der Waals surface area contributed by atoms with Gasteiger partial charge in [0, 0.05) is 5.56 Å². The molecule has 0 unspecified atom stereocenters. The largest absolute Gasteiger partial charge is 0.346 e. The highest BCUT2D eigenvalue weighted by atomic mass is 16.1. The molecule has 1 atom stereocenters. The van der Waals surface area contributed by atoms with Crippen molar-refractivity contribution in [2.24, 2.45) is 0 Å². The van der Waals surface area contributed by atoms with Crippen LogP contribution in [0.5, 0.6) is 0 Å². The van der Waals surface area contributed by atoms with Crippen molar-refractivity contribution < 1.29 is 4.79 Å². The molecular weight excluding hydrogens is 270 g/mol. The first-order valence-electron chi connectivity index (χ1n) is 7.75. The van der Waals surface area contributed by atoms with E-state index < -0.39 is 0 Å². The molecule has 2 nitrogen and oxygen atoms in total. The lowest BCUT2D eigenvalue weighted by Gasteiger charge is -2.20. The van der Waals surface area contributed by atoms with Crippen molar-refractivity contribution in [3.63, 3.8) is 0 Å². The van der Waals surface area contributed by atoms with Gasteiger partial charge < -0.3 is 5.32 Å². The van der Waals surface area contributed by atoms with Gasteiger partial charge in [-0.2, -0.15) is 0 Å². The lowest BCUT2D eigenvalue weighted by atomic mass is 9.86. The van der Waals surface area contributed by atoms with E-state index in [1.165, 1.54) is 5.56 Å². The van der Waals surface area contributed by atoms with Crippen LogP contribution in [0.4, 0.5) is 0 Å². The van der Waals surface area contributed by atoms with Crippen LogP contribution in [-0.4, -0.2) is 5.91 Å². The van der Waals surface area contributed by atoms with Gasteiger partial charge in [0.1, 0.15) is 0 Å². The summed E-state index contributed by atoms with van der Waals surface area (Å²) in [5, 5.41) is 3.05. The first-order chi connectivity index (χ1) is 10.3. The predicted octanol–water partition coefficient (Wildman–Crippen LogP) is 4.78. The predicted molar refractivity (Wildman–Crippen MR) is 92.2 cm³/mol. The summed E-state index contributed by atoms with van der Waals surface area (Å²) in [6.07, 6.45) is 0. The Morgan fingerprint density at radius 3 is 2.00 bits per heavy atom. The molecule has 2 rings (SSSR count). The van der Waals surface area contributed by atoms with Crippen molar-refractivity contribution in [2.75, 3.05) is 0 Å². The first-order valence-corrected chi connectivity index (χ1v) is 7.75. The van der Waals surface area contributed by atoms with Crippen molar-refractivity contribution in [1.82, 2.24) is 5.32 Å². The lowest BCUT2D eigenvalue weighted by Crippen LogP contribution is -2.26. The molecule has 0 aliphatic carbocycles. The summed E-state index contributed by atoms with van der Waals surface area (Å²) in [6, 6.07) is 16.1. The van der Waals surface area contributed by atoms with Gasteiger partial charge in [0.15, 0.2) is 0 Å². The van der Waals surface area contributed by atoms with E-state index >= 15 is 0 Å². The summed E-state index contributed by atoms with van der Waals surface area (Å²) in [4.78, 5) is 12.3. The second-order valence-corrected chi connectivity index (χ2v) is 6.93. The highest BCUT2D eigenvalue weighted by Gasteiger charge is 2.15. The number of aryl methyl sites for hydroxylation is 1. The number of hydrogen-bond acceptors (Lipinski definition) is 1. The van der Waals surface area contributed by atoms with E-state index in [0.717, 1.165) is 11.1 Å². The van der Waals surface area contributed by atoms with Gasteiger partial charge in [-0.05, 0) is 42.5 Å². The smallest absolute Gasteiger partial charge is 0.251 e. The lowest BCUT2D eigenvalue weighted by molar-refractivity contribution is 0.0940. The van der Waals surface area contributed by atoms with Gasteiger partial charge in [-0.25, -0.2) is 0 Å². The summed E-state index contributed by atoms with van der Waals surface area (Å²) >= 11 is 0. The van der Waals surface area contributed by atoms with E-state index in [4.69, 9.17) is 0 Å². The second-order valence-electron chi connectivity index (χ2n) is 6.93. The number of benzene rings is 2. The number of carbonyl (C=O) groups excluding carboxylic acids is 1. The van der Waals surface area contributed by atoms with E-state index in [1.807, 2.05) is 38.1 Å². The molecular formula is C20H25NO. The fourth-order valence-electron chi connectivity index (χ4n) is 2.34. The maximum atomic E-state index is 12.3. The quantitative estimate of drug-likeness (QED) is 0.867. The highest BCUT2D eigenvalue weighted by molar-refractivity contribution is 5.94. The summed E-state index contributed by atoms with van der Waals surface area (Å²) < 4.78 is 0. The minimum atomic E-state index is -0.0348. The Labute approximate surface area is 133 Å². The topological polar surface area (TPSA) is 29.1 Å². The average molecular weight is 295 g/mol. The van der Waals surface area contributed by atoms with Gasteiger partial charge in [-0.1, -0.05) is 62.7 Å². The van der Waals surface area contributed by atoms with Crippen molar-refractivity contribution in [1.29, 1.82) is 0 Å². The fourth-order valence-corrected chi connectivity index (χ4v) is 2.34. The zero-order valence-electron chi connectivity index (χ0n) is 14.1. The van der Waals surface area contributed by atoms with Crippen molar-refractivity contribution >= 4 is 5.91 Å². The molecule has 2 aromatic rings. The number of amides is 1. The number of rotatable bonds is 3. The van der Waals surface area contributed by atoms with Crippen molar-refractivity contribution in [3.8, 4) is 0 Å². The first kappa shape index (κ1) is 16.3. The molecule has 0 aliphatic heterocycles. The maximum Gasteiger partial charge on any atom is 0.251 e. The fraction of sp³-hybridized carbons (Fsp3) is 0.350. The van der Waals surface area contributed by atoms with Gasteiger partial charge in [0.25, 0.3) is 5.91 Å². The third kappa shape index (κ3) is 3.97. The van der Waals surface area contributed by atoms with Crippen molar-refractivity contribution in [3.05, 3.63) is 70.8 Å². The van der Waals surface area contributed by atoms with Gasteiger partial charge in [0.2, 0.25) is 0 Å². The van der Waals surface area contributed by atoms with Crippen LogP contribution in [0.15, 0.2) is 48.5 Å². The van der Waals surface area contributed by atoms with E-state index in [2.05, 4.69) is 50.4 Å². The number of hydrogen-bond donors (Lipinski definition) is 1. The molecule has 2 aromatic carbocycles. The van der Waals surface area contributed by atoms with Gasteiger partial charge in [0.05, 0.1) is 6.04 Å². The Morgan fingerprint density at radius 1 is 0.955 bits per heavy atom. The zero-order chi connectivity index (χ0) is 16.3. The molecule has 1 amide bonds. The molecule has 0 fully saturated rings.